The van der Waals surface area contributed by atoms with Crippen LogP contribution in [-0.2, 0) is 29.8 Å². The largest absolute Gasteiger partial charge is 0.508 e. The van der Waals surface area contributed by atoms with Gasteiger partial charge in [0.15, 0.2) is 0 Å². The van der Waals surface area contributed by atoms with Gasteiger partial charge in [0.1, 0.15) is 21.3 Å². The summed E-state index contributed by atoms with van der Waals surface area (Å²) in [6.07, 6.45) is 0. The molecule has 6 aromatic carbocycles. The summed E-state index contributed by atoms with van der Waals surface area (Å²) in [6.45, 7) is 3.20. The van der Waals surface area contributed by atoms with Gasteiger partial charge in [-0.2, -0.15) is 16.8 Å². The highest BCUT2D eigenvalue weighted by Gasteiger charge is 2.22. The second kappa shape index (κ2) is 14.8. The number of fused-ring (bicyclic) bond motifs is 2. The summed E-state index contributed by atoms with van der Waals surface area (Å²) < 4.78 is 67.9. The van der Waals surface area contributed by atoms with Crippen molar-refractivity contribution in [2.24, 2.45) is 0 Å². The van der Waals surface area contributed by atoms with Gasteiger partial charge < -0.3 is 31.5 Å². The minimum Gasteiger partial charge on any atom is -0.508 e. The lowest BCUT2D eigenvalue weighted by molar-refractivity contribution is -0.132. The highest BCUT2D eigenvalue weighted by atomic mass is 32.2. The number of hydrogen-bond acceptors (Lipinski definition) is 10. The number of hydrogen-bond donors (Lipinski definition) is 8. The SMILES string of the molecule is Cc1ccc(NC(=O)C(=O)Nc2ccc(C)c(C(=O)Nc3cc(S(=O)(=O)O)c4cc(O)ccc4c3)c2)cc1C(=O)Nc1cc(S(=O)(=O)O)c2cc(O)ccc2c1. The zero-order valence-corrected chi connectivity index (χ0v) is 30.7. The van der Waals surface area contributed by atoms with Gasteiger partial charge in [-0.1, -0.05) is 24.3 Å². The van der Waals surface area contributed by atoms with Crippen molar-refractivity contribution in [1.29, 1.82) is 0 Å². The van der Waals surface area contributed by atoms with Crippen molar-refractivity contribution in [3.63, 3.8) is 0 Å². The smallest absolute Gasteiger partial charge is 0.314 e. The Kier molecular flexibility index (Phi) is 10.2. The van der Waals surface area contributed by atoms with Crippen LogP contribution in [0, 0.1) is 13.8 Å². The van der Waals surface area contributed by atoms with Gasteiger partial charge >= 0.3 is 11.8 Å². The van der Waals surface area contributed by atoms with Crippen molar-refractivity contribution >= 4 is 88.2 Å². The van der Waals surface area contributed by atoms with E-state index < -0.39 is 53.7 Å². The van der Waals surface area contributed by atoms with Crippen LogP contribution in [0.15, 0.2) is 107 Å². The lowest BCUT2D eigenvalue weighted by atomic mass is 10.1. The Morgan fingerprint density at radius 3 is 1.20 bits per heavy atom. The van der Waals surface area contributed by atoms with Crippen LogP contribution in [0.4, 0.5) is 22.7 Å². The Morgan fingerprint density at radius 2 is 0.839 bits per heavy atom. The number of amides is 4. The van der Waals surface area contributed by atoms with Crippen LogP contribution in [-0.4, -0.2) is 59.8 Å². The maximum Gasteiger partial charge on any atom is 0.314 e. The van der Waals surface area contributed by atoms with Gasteiger partial charge in [0.2, 0.25) is 0 Å². The molecule has 0 spiro atoms. The predicted molar refractivity (Wildman–Crippen MR) is 206 cm³/mol. The third-order valence-corrected chi connectivity index (χ3v) is 10.3. The molecule has 286 valence electrons. The summed E-state index contributed by atoms with van der Waals surface area (Å²) in [5, 5.41) is 30.2. The molecule has 4 amide bonds. The van der Waals surface area contributed by atoms with Crippen LogP contribution in [0.3, 0.4) is 0 Å². The van der Waals surface area contributed by atoms with Gasteiger partial charge in [-0.3, -0.25) is 28.3 Å². The summed E-state index contributed by atoms with van der Waals surface area (Å²) in [4.78, 5) is 51.4. The molecular weight excluding hydrogens is 769 g/mol. The molecule has 0 atom stereocenters. The third kappa shape index (κ3) is 8.43. The number of aromatic hydroxyl groups is 2. The van der Waals surface area contributed by atoms with E-state index in [1.165, 1.54) is 72.8 Å². The Morgan fingerprint density at radius 1 is 0.464 bits per heavy atom. The van der Waals surface area contributed by atoms with Crippen molar-refractivity contribution in [2.75, 3.05) is 21.3 Å². The minimum atomic E-state index is -4.76. The molecular formula is C38H30N4O12S2. The van der Waals surface area contributed by atoms with Gasteiger partial charge in [-0.25, -0.2) is 0 Å². The van der Waals surface area contributed by atoms with Crippen LogP contribution < -0.4 is 21.3 Å². The summed E-state index contributed by atoms with van der Waals surface area (Å²) in [7, 11) is -9.53. The molecule has 0 radical (unpaired) electrons. The van der Waals surface area contributed by atoms with E-state index in [1.807, 2.05) is 0 Å². The summed E-state index contributed by atoms with van der Waals surface area (Å²) in [6, 6.07) is 21.1. The van der Waals surface area contributed by atoms with E-state index in [0.717, 1.165) is 24.3 Å². The number of benzene rings is 6. The van der Waals surface area contributed by atoms with Gasteiger partial charge in [-0.15, -0.1) is 0 Å². The van der Waals surface area contributed by atoms with Crippen molar-refractivity contribution in [1.82, 2.24) is 0 Å². The van der Waals surface area contributed by atoms with Crippen molar-refractivity contribution in [3.8, 4) is 11.5 Å². The Balaban J connectivity index is 1.16. The number of carbonyl (C=O) groups excluding carboxylic acids is 4. The first kappa shape index (κ1) is 38.9. The maximum absolute atomic E-state index is 13.3. The quantitative estimate of drug-likeness (QED) is 0.0691. The molecule has 6 aromatic rings. The van der Waals surface area contributed by atoms with E-state index >= 15 is 0 Å². The third-order valence-electron chi connectivity index (χ3n) is 8.56. The molecule has 6 rings (SSSR count). The first-order valence-electron chi connectivity index (χ1n) is 16.2. The molecule has 18 heteroatoms. The first-order chi connectivity index (χ1) is 26.3. The fraction of sp³-hybridized carbons (Fsp3) is 0.0526. The van der Waals surface area contributed by atoms with E-state index in [9.17, 15) is 55.3 Å². The highest BCUT2D eigenvalue weighted by molar-refractivity contribution is 7.86. The van der Waals surface area contributed by atoms with Crippen LogP contribution in [0.25, 0.3) is 21.5 Å². The Labute approximate surface area is 318 Å². The van der Waals surface area contributed by atoms with Crippen molar-refractivity contribution in [2.45, 2.75) is 23.6 Å². The first-order valence-corrected chi connectivity index (χ1v) is 19.1. The van der Waals surface area contributed by atoms with E-state index in [0.29, 0.717) is 21.9 Å². The monoisotopic (exact) mass is 798 g/mol. The topological polar surface area (TPSA) is 266 Å². The van der Waals surface area contributed by atoms with E-state index in [2.05, 4.69) is 21.3 Å². The predicted octanol–water partition coefficient (Wildman–Crippen LogP) is 5.60. The van der Waals surface area contributed by atoms with Gasteiger partial charge in [0.05, 0.1) is 0 Å². The Hall–Kier alpha value is -6.86. The highest BCUT2D eigenvalue weighted by Crippen LogP contribution is 2.32. The number of phenolic OH excluding ortho intramolecular Hbond substituents is 2. The number of rotatable bonds is 8. The lowest BCUT2D eigenvalue weighted by Gasteiger charge is -2.14. The Bertz CT molecular complexity index is 2700. The second-order valence-electron chi connectivity index (χ2n) is 12.6. The fourth-order valence-electron chi connectivity index (χ4n) is 5.86. The van der Waals surface area contributed by atoms with Gasteiger partial charge in [-0.05, 0) is 109 Å². The standard InChI is InChI=1S/C38H30N4O12S2/c1-19-3-7-23(13-29(19)35(45)41-25-11-21-5-9-27(43)17-31(21)33(15-25)55(49,50)51)39-37(47)38(48)40-24-8-4-20(2)30(14-24)36(46)42-26-12-22-6-10-28(44)18-32(22)34(16-26)56(52,53)54/h3-18,43-44H,1-2H3,(H,39,47)(H,40,48)(H,41,45)(H,42,46)(H,49,50,51)(H,52,53,54). The van der Waals surface area contributed by atoms with E-state index in [4.69, 9.17) is 0 Å². The zero-order valence-electron chi connectivity index (χ0n) is 29.1. The summed E-state index contributed by atoms with van der Waals surface area (Å²) in [5.74, 6) is -4.19. The zero-order chi connectivity index (χ0) is 40.7. The molecule has 0 aliphatic rings. The number of carbonyl (C=O) groups is 4. The molecule has 0 saturated heterocycles. The molecule has 56 heavy (non-hydrogen) atoms. The van der Waals surface area contributed by atoms with Gasteiger partial charge in [0, 0.05) is 44.6 Å². The number of aryl methyl sites for hydroxylation is 2. The molecule has 0 heterocycles. The van der Waals surface area contributed by atoms with Crippen molar-refractivity contribution in [3.05, 3.63) is 119 Å². The molecule has 0 aromatic heterocycles. The molecule has 0 aliphatic carbocycles. The number of anilines is 4. The number of phenols is 2. The average molecular weight is 799 g/mol. The normalized spacial score (nSPS) is 11.6. The molecule has 16 nitrogen and oxygen atoms in total. The molecule has 0 aliphatic heterocycles. The van der Waals surface area contributed by atoms with E-state index in [1.54, 1.807) is 13.8 Å². The lowest BCUT2D eigenvalue weighted by Crippen LogP contribution is -2.29. The van der Waals surface area contributed by atoms with Crippen molar-refractivity contribution < 1.29 is 55.3 Å². The molecule has 8 N–H and O–H groups in total. The molecule has 0 unspecified atom stereocenters. The molecule has 0 fully saturated rings. The maximum atomic E-state index is 13.3. The number of nitrogens with one attached hydrogen (secondary N) is 4. The van der Waals surface area contributed by atoms with Crippen LogP contribution in [0.5, 0.6) is 11.5 Å². The fourth-order valence-corrected chi connectivity index (χ4v) is 7.32. The minimum absolute atomic E-state index is 0.00134. The van der Waals surface area contributed by atoms with E-state index in [-0.39, 0.29) is 56.1 Å². The second-order valence-corrected chi connectivity index (χ2v) is 15.4. The average Bonchev–Trinajstić information content (AvgIpc) is 3.11. The van der Waals surface area contributed by atoms with Gasteiger partial charge in [0.25, 0.3) is 32.1 Å². The summed E-state index contributed by atoms with van der Waals surface area (Å²) in [5.41, 5.74) is 1.10. The molecule has 0 saturated carbocycles. The van der Waals surface area contributed by atoms with Crippen LogP contribution in [0.2, 0.25) is 0 Å². The molecule has 0 bridgehead atoms. The summed E-state index contributed by atoms with van der Waals surface area (Å²) >= 11 is 0. The van der Waals surface area contributed by atoms with Crippen LogP contribution >= 0.6 is 0 Å². The van der Waals surface area contributed by atoms with Crippen LogP contribution in [0.1, 0.15) is 31.8 Å².